The van der Waals surface area contributed by atoms with Gasteiger partial charge in [-0.25, -0.2) is 0 Å². The van der Waals surface area contributed by atoms with Crippen molar-refractivity contribution in [1.29, 1.82) is 0 Å². The van der Waals surface area contributed by atoms with Gasteiger partial charge in [-0.15, -0.1) is 0 Å². The Morgan fingerprint density at radius 1 is 0.571 bits per heavy atom. The third-order valence-corrected chi connectivity index (χ3v) is 8.22. The molecule has 49 heavy (non-hydrogen) atoms. The second-order valence-corrected chi connectivity index (χ2v) is 14.0. The van der Waals surface area contributed by atoms with Crippen LogP contribution in [0.4, 0.5) is 0 Å². The minimum atomic E-state index is -4.16. The zero-order valence-electron chi connectivity index (χ0n) is 28.2. The number of hydrogen-bond donors (Lipinski definition) is 0. The first-order valence-electron chi connectivity index (χ1n) is 15.4. The lowest BCUT2D eigenvalue weighted by atomic mass is 9.80. The first-order chi connectivity index (χ1) is 23.5. The fraction of sp³-hybridized carbons (Fsp3) is 0.471. The molecular weight excluding hydrogens is 680 g/mol. The van der Waals surface area contributed by atoms with Crippen LogP contribution in [0.2, 0.25) is 0 Å². The van der Waals surface area contributed by atoms with Crippen molar-refractivity contribution in [1.82, 2.24) is 0 Å². The summed E-state index contributed by atoms with van der Waals surface area (Å²) in [5.74, 6) is 0. The predicted octanol–water partition coefficient (Wildman–Crippen LogP) is 3.33. The Morgan fingerprint density at radius 3 is 1.43 bits per heavy atom. The van der Waals surface area contributed by atoms with Crippen molar-refractivity contribution in [3.05, 3.63) is 108 Å². The maximum absolute atomic E-state index is 12.8. The van der Waals surface area contributed by atoms with Crippen LogP contribution in [0.15, 0.2) is 91.0 Å². The molecule has 0 saturated heterocycles. The van der Waals surface area contributed by atoms with Crippen molar-refractivity contribution in [2.75, 3.05) is 80.0 Å². The van der Waals surface area contributed by atoms with E-state index in [0.29, 0.717) is 0 Å². The van der Waals surface area contributed by atoms with Gasteiger partial charge < -0.3 is 33.2 Å². The Bertz CT molecular complexity index is 1440. The van der Waals surface area contributed by atoms with Gasteiger partial charge in [0.2, 0.25) is 0 Å². The largest absolute Gasteiger partial charge is 0.382 e. The van der Waals surface area contributed by atoms with Crippen LogP contribution in [0.5, 0.6) is 0 Å². The fourth-order valence-corrected chi connectivity index (χ4v) is 5.92. The molecule has 0 aliphatic heterocycles. The van der Waals surface area contributed by atoms with E-state index in [-0.39, 0.29) is 40.0 Å². The Morgan fingerprint density at radius 2 is 1.02 bits per heavy atom. The number of benzene rings is 3. The smallest absolute Gasteiger partial charge is 0.264 e. The lowest BCUT2D eigenvalue weighted by Crippen LogP contribution is -2.50. The normalized spacial score (nSPS) is 14.4. The zero-order chi connectivity index (χ0) is 35.6. The summed E-state index contributed by atoms with van der Waals surface area (Å²) in [6.07, 6.45) is -2.22. The first kappa shape index (κ1) is 40.6. The molecule has 0 spiro atoms. The second-order valence-electron chi connectivity index (χ2n) is 10.8. The minimum absolute atomic E-state index is 0.155. The van der Waals surface area contributed by atoms with Gasteiger partial charge in [-0.05, 0) is 16.7 Å². The van der Waals surface area contributed by atoms with Crippen LogP contribution in [0, 0.1) is 0 Å². The summed E-state index contributed by atoms with van der Waals surface area (Å²) in [7, 11) is -5.11. The van der Waals surface area contributed by atoms with Crippen LogP contribution in [-0.4, -0.2) is 115 Å². The summed E-state index contributed by atoms with van der Waals surface area (Å²) in [5.41, 5.74) is 1.01. The van der Waals surface area contributed by atoms with E-state index in [2.05, 4.69) is 0 Å². The molecular formula is C34H46O13S2. The van der Waals surface area contributed by atoms with Gasteiger partial charge >= 0.3 is 0 Å². The molecule has 0 radical (unpaired) electrons. The molecule has 3 atom stereocenters. The van der Waals surface area contributed by atoms with Crippen molar-refractivity contribution < 1.29 is 58.4 Å². The molecule has 3 aromatic carbocycles. The van der Waals surface area contributed by atoms with Crippen molar-refractivity contribution in [3.8, 4) is 0 Å². The number of rotatable bonds is 25. The lowest BCUT2D eigenvalue weighted by molar-refractivity contribution is -0.206. The van der Waals surface area contributed by atoms with Crippen LogP contribution in [0.1, 0.15) is 16.7 Å². The fourth-order valence-electron chi connectivity index (χ4n) is 4.92. The zero-order valence-corrected chi connectivity index (χ0v) is 29.8. The van der Waals surface area contributed by atoms with E-state index in [1.807, 2.05) is 91.0 Å². The molecule has 0 aromatic heterocycles. The van der Waals surface area contributed by atoms with Crippen LogP contribution in [-0.2, 0) is 67.4 Å². The van der Waals surface area contributed by atoms with E-state index in [0.717, 1.165) is 29.2 Å². The number of methoxy groups -OCH3 is 2. The summed E-state index contributed by atoms with van der Waals surface area (Å²) >= 11 is 0. The molecule has 272 valence electrons. The van der Waals surface area contributed by atoms with Crippen LogP contribution in [0.3, 0.4) is 0 Å². The monoisotopic (exact) mass is 726 g/mol. The van der Waals surface area contributed by atoms with Gasteiger partial charge in [0.15, 0.2) is 0 Å². The van der Waals surface area contributed by atoms with E-state index in [1.165, 1.54) is 14.2 Å². The number of hydrogen-bond acceptors (Lipinski definition) is 13. The third-order valence-electron chi connectivity index (χ3n) is 7.06. The summed E-state index contributed by atoms with van der Waals surface area (Å²) < 4.78 is 100. The van der Waals surface area contributed by atoms with Crippen LogP contribution in [0.25, 0.3) is 0 Å². The molecule has 0 aliphatic rings. The van der Waals surface area contributed by atoms with Gasteiger partial charge in [-0.1, -0.05) is 91.0 Å². The van der Waals surface area contributed by atoms with E-state index in [4.69, 9.17) is 41.5 Å². The first-order valence-corrected chi connectivity index (χ1v) is 19.0. The van der Waals surface area contributed by atoms with Gasteiger partial charge in [0.25, 0.3) is 20.2 Å². The summed E-state index contributed by atoms with van der Waals surface area (Å²) in [5, 5.41) is 0. The predicted molar refractivity (Wildman–Crippen MR) is 181 cm³/mol. The standard InChI is InChI=1S/C34H46O13S2/c1-39-20-22-41-26-43-31(25-46-48(3,35)36)33(44-27-42-23-21-40-2)32(47-49(4,37)38)24-45-34(28-14-8-5-9-15-28,29-16-10-6-11-17-29)30-18-12-7-13-19-30/h5-19,31-33H,20-27H2,1-4H3/t31-,32-,33+/m0/s1. The van der Waals surface area contributed by atoms with Crippen molar-refractivity contribution in [2.45, 2.75) is 23.9 Å². The highest BCUT2D eigenvalue weighted by Crippen LogP contribution is 2.41. The van der Waals surface area contributed by atoms with Gasteiger partial charge in [-0.2, -0.15) is 16.8 Å². The Hall–Kier alpha value is -2.80. The van der Waals surface area contributed by atoms with E-state index >= 15 is 0 Å². The lowest BCUT2D eigenvalue weighted by Gasteiger charge is -2.38. The van der Waals surface area contributed by atoms with E-state index < -0.39 is 57.4 Å². The molecule has 0 heterocycles. The quantitative estimate of drug-likeness (QED) is 0.0544. The average Bonchev–Trinajstić information content (AvgIpc) is 3.08. The maximum atomic E-state index is 12.8. The average molecular weight is 727 g/mol. The highest BCUT2D eigenvalue weighted by molar-refractivity contribution is 7.86. The SMILES string of the molecule is COCCOCO[C@H]([C@H](COS(C)(=O)=O)OCOCCOC)[C@H](COC(c1ccccc1)(c1ccccc1)c1ccccc1)OS(C)(=O)=O. The molecule has 3 rings (SSSR count). The van der Waals surface area contributed by atoms with Crippen LogP contribution >= 0.6 is 0 Å². The third kappa shape index (κ3) is 13.8. The van der Waals surface area contributed by atoms with Gasteiger partial charge in [0.05, 0.1) is 52.2 Å². The highest BCUT2D eigenvalue weighted by Gasteiger charge is 2.42. The molecule has 0 aliphatic carbocycles. The minimum Gasteiger partial charge on any atom is -0.382 e. The van der Waals surface area contributed by atoms with E-state index in [1.54, 1.807) is 0 Å². The molecule has 15 heteroatoms. The maximum Gasteiger partial charge on any atom is 0.264 e. The van der Waals surface area contributed by atoms with E-state index in [9.17, 15) is 16.8 Å². The molecule has 0 fully saturated rings. The molecule has 0 amide bonds. The summed E-state index contributed by atoms with van der Waals surface area (Å²) in [6, 6.07) is 28.4. The molecule has 0 unspecified atom stereocenters. The Kier molecular flexibility index (Phi) is 17.2. The van der Waals surface area contributed by atoms with Crippen molar-refractivity contribution in [2.24, 2.45) is 0 Å². The van der Waals surface area contributed by atoms with Crippen LogP contribution < -0.4 is 0 Å². The second kappa shape index (κ2) is 20.8. The molecule has 3 aromatic rings. The topological polar surface area (TPSA) is 151 Å². The van der Waals surface area contributed by atoms with Gasteiger partial charge in [0, 0.05) is 14.2 Å². The van der Waals surface area contributed by atoms with Gasteiger partial charge in [0.1, 0.15) is 37.5 Å². The summed E-state index contributed by atoms with van der Waals surface area (Å²) in [4.78, 5) is 0. The molecule has 0 saturated carbocycles. The highest BCUT2D eigenvalue weighted by atomic mass is 32.2. The van der Waals surface area contributed by atoms with Crippen molar-refractivity contribution in [3.63, 3.8) is 0 Å². The van der Waals surface area contributed by atoms with Gasteiger partial charge in [-0.3, -0.25) is 8.37 Å². The molecule has 0 N–H and O–H groups in total. The molecule has 13 nitrogen and oxygen atoms in total. The Balaban J connectivity index is 2.11. The number of ether oxygens (including phenoxy) is 7. The van der Waals surface area contributed by atoms with Crippen molar-refractivity contribution >= 4 is 20.2 Å². The molecule has 0 bridgehead atoms. The Labute approximate surface area is 289 Å². The summed E-state index contributed by atoms with van der Waals surface area (Å²) in [6.45, 7) is -0.794.